The molecule has 1 heterocycles. The Hall–Kier alpha value is -3.35. The Balaban J connectivity index is 1.38. The van der Waals surface area contributed by atoms with Crippen molar-refractivity contribution in [1.82, 2.24) is 10.2 Å². The molecule has 2 atom stereocenters. The van der Waals surface area contributed by atoms with Gasteiger partial charge in [0.05, 0.1) is 0 Å². The molecule has 0 radical (unpaired) electrons. The lowest BCUT2D eigenvalue weighted by Crippen LogP contribution is -2.50. The van der Waals surface area contributed by atoms with Crippen LogP contribution >= 0.6 is 0 Å². The van der Waals surface area contributed by atoms with Crippen LogP contribution in [0.25, 0.3) is 11.1 Å². The fraction of sp³-hybridized carbons (Fsp3) is 0.444. The van der Waals surface area contributed by atoms with E-state index in [1.807, 2.05) is 38.1 Å². The fourth-order valence-electron chi connectivity index (χ4n) is 5.04. The predicted molar refractivity (Wildman–Crippen MR) is 128 cm³/mol. The Morgan fingerprint density at radius 1 is 1.03 bits per heavy atom. The number of nitrogens with zero attached hydrogens (tertiary/aromatic N) is 1. The zero-order valence-corrected chi connectivity index (χ0v) is 19.7. The van der Waals surface area contributed by atoms with Gasteiger partial charge in [-0.2, -0.15) is 0 Å². The number of rotatable bonds is 7. The minimum atomic E-state index is -0.973. The van der Waals surface area contributed by atoms with Crippen LogP contribution < -0.4 is 5.32 Å². The highest BCUT2D eigenvalue weighted by atomic mass is 16.5. The van der Waals surface area contributed by atoms with Gasteiger partial charge in [-0.1, -0.05) is 62.4 Å². The van der Waals surface area contributed by atoms with Gasteiger partial charge in [-0.25, -0.2) is 9.59 Å². The molecule has 7 heteroatoms. The molecule has 0 spiro atoms. The van der Waals surface area contributed by atoms with Crippen molar-refractivity contribution in [2.75, 3.05) is 13.2 Å². The summed E-state index contributed by atoms with van der Waals surface area (Å²) in [5.41, 5.74) is 4.59. The topological polar surface area (TPSA) is 95.9 Å². The monoisotopic (exact) mass is 464 g/mol. The van der Waals surface area contributed by atoms with Crippen molar-refractivity contribution >= 4 is 18.0 Å². The van der Waals surface area contributed by atoms with Gasteiger partial charge in [0, 0.05) is 24.9 Å². The summed E-state index contributed by atoms with van der Waals surface area (Å²) in [7, 11) is 0. The summed E-state index contributed by atoms with van der Waals surface area (Å²) in [5.74, 6) is -1.28. The lowest BCUT2D eigenvalue weighted by molar-refractivity contribution is -0.152. The van der Waals surface area contributed by atoms with E-state index in [9.17, 15) is 19.5 Å². The van der Waals surface area contributed by atoms with Crippen molar-refractivity contribution in [3.05, 3.63) is 59.7 Å². The van der Waals surface area contributed by atoms with E-state index in [1.54, 1.807) is 0 Å². The van der Waals surface area contributed by atoms with E-state index in [-0.39, 0.29) is 30.8 Å². The summed E-state index contributed by atoms with van der Waals surface area (Å²) in [4.78, 5) is 38.7. The van der Waals surface area contributed by atoms with Gasteiger partial charge in [0.2, 0.25) is 5.91 Å². The summed E-state index contributed by atoms with van der Waals surface area (Å²) >= 11 is 0. The quantitative estimate of drug-likeness (QED) is 0.633. The lowest BCUT2D eigenvalue weighted by Gasteiger charge is -2.34. The van der Waals surface area contributed by atoms with Crippen molar-refractivity contribution in [2.45, 2.75) is 57.5 Å². The maximum absolute atomic E-state index is 12.9. The molecular formula is C27H32N2O5. The van der Waals surface area contributed by atoms with E-state index >= 15 is 0 Å². The molecule has 0 bridgehead atoms. The second-order valence-corrected chi connectivity index (χ2v) is 9.46. The number of alkyl carbamates (subject to hydrolysis) is 1. The molecule has 1 aliphatic heterocycles. The van der Waals surface area contributed by atoms with Gasteiger partial charge in [-0.15, -0.1) is 0 Å². The van der Waals surface area contributed by atoms with E-state index in [2.05, 4.69) is 29.6 Å². The number of aliphatic carboxylic acids is 1. The average molecular weight is 465 g/mol. The van der Waals surface area contributed by atoms with Crippen molar-refractivity contribution in [2.24, 2.45) is 5.92 Å². The highest BCUT2D eigenvalue weighted by Crippen LogP contribution is 2.44. The molecule has 0 aromatic heterocycles. The first-order chi connectivity index (χ1) is 16.4. The van der Waals surface area contributed by atoms with Gasteiger partial charge in [0.15, 0.2) is 0 Å². The smallest absolute Gasteiger partial charge is 0.407 e. The number of fused-ring (bicyclic) bond motifs is 3. The molecule has 7 nitrogen and oxygen atoms in total. The summed E-state index contributed by atoms with van der Waals surface area (Å²) in [6, 6.07) is 15.1. The van der Waals surface area contributed by atoms with Gasteiger partial charge in [-0.3, -0.25) is 4.79 Å². The molecule has 1 saturated heterocycles. The zero-order chi connectivity index (χ0) is 24.2. The molecule has 2 amide bonds. The first-order valence-electron chi connectivity index (χ1n) is 12.0. The number of ether oxygens (including phenoxy) is 1. The summed E-state index contributed by atoms with van der Waals surface area (Å²) < 4.78 is 5.64. The number of carbonyl (C=O) groups is 3. The van der Waals surface area contributed by atoms with Crippen LogP contribution in [0.3, 0.4) is 0 Å². The number of nitrogens with one attached hydrogen (secondary N) is 1. The zero-order valence-electron chi connectivity index (χ0n) is 19.7. The van der Waals surface area contributed by atoms with E-state index in [0.29, 0.717) is 13.0 Å². The van der Waals surface area contributed by atoms with Crippen molar-refractivity contribution in [3.63, 3.8) is 0 Å². The molecule has 0 saturated carbocycles. The number of likely N-dealkylation sites (tertiary alicyclic amines) is 1. The molecular weight excluding hydrogens is 432 g/mol. The van der Waals surface area contributed by atoms with E-state index in [4.69, 9.17) is 4.74 Å². The molecule has 2 aliphatic rings. The average Bonchev–Trinajstić information content (AvgIpc) is 3.16. The molecule has 34 heavy (non-hydrogen) atoms. The van der Waals surface area contributed by atoms with E-state index < -0.39 is 24.1 Å². The molecule has 4 rings (SSSR count). The maximum atomic E-state index is 12.9. The van der Waals surface area contributed by atoms with Crippen molar-refractivity contribution in [3.8, 4) is 11.1 Å². The predicted octanol–water partition coefficient (Wildman–Crippen LogP) is 4.41. The summed E-state index contributed by atoms with van der Waals surface area (Å²) in [6.45, 7) is 4.48. The number of piperidine rings is 1. The highest BCUT2D eigenvalue weighted by molar-refractivity contribution is 5.84. The van der Waals surface area contributed by atoms with Crippen LogP contribution in [0.15, 0.2) is 48.5 Å². The van der Waals surface area contributed by atoms with Crippen LogP contribution in [-0.4, -0.2) is 53.2 Å². The van der Waals surface area contributed by atoms with Crippen LogP contribution in [0.5, 0.6) is 0 Å². The Morgan fingerprint density at radius 2 is 1.65 bits per heavy atom. The Labute approximate surface area is 200 Å². The van der Waals surface area contributed by atoms with Gasteiger partial charge in [0.25, 0.3) is 0 Å². The molecule has 2 N–H and O–H groups in total. The number of amides is 2. The fourth-order valence-corrected chi connectivity index (χ4v) is 5.04. The van der Waals surface area contributed by atoms with Crippen molar-refractivity contribution in [1.29, 1.82) is 0 Å². The van der Waals surface area contributed by atoms with E-state index in [0.717, 1.165) is 35.1 Å². The number of hydrogen-bond donors (Lipinski definition) is 2. The van der Waals surface area contributed by atoms with Gasteiger partial charge in [-0.05, 0) is 47.4 Å². The highest BCUT2D eigenvalue weighted by Gasteiger charge is 2.34. The number of benzene rings is 2. The molecule has 0 unspecified atom stereocenters. The van der Waals surface area contributed by atoms with Crippen LogP contribution in [-0.2, 0) is 14.3 Å². The molecule has 1 aliphatic carbocycles. The third-order valence-electron chi connectivity index (χ3n) is 6.95. The number of carbonyl (C=O) groups excluding carboxylic acids is 2. The SMILES string of the molecule is CC(C)[C@H](CC(=O)N1CCCC[C@H]1C(=O)O)NC(=O)OCC1c2ccccc2-c2ccccc21. The molecule has 180 valence electrons. The number of carboxylic acids is 1. The number of hydrogen-bond acceptors (Lipinski definition) is 4. The van der Waals surface area contributed by atoms with E-state index in [1.165, 1.54) is 4.90 Å². The second-order valence-electron chi connectivity index (χ2n) is 9.46. The molecule has 2 aromatic rings. The lowest BCUT2D eigenvalue weighted by atomic mass is 9.97. The van der Waals surface area contributed by atoms with Gasteiger partial charge in [0.1, 0.15) is 12.6 Å². The standard InChI is InChI=1S/C27H32N2O5/c1-17(2)23(15-25(30)29-14-8-7-13-24(29)26(31)32)28-27(33)34-16-22-20-11-5-3-9-18(20)19-10-4-6-12-21(19)22/h3-6,9-12,17,22-24H,7-8,13-16H2,1-2H3,(H,28,33)(H,31,32)/t23-,24-/m0/s1. The molecule has 2 aromatic carbocycles. The largest absolute Gasteiger partial charge is 0.480 e. The Morgan fingerprint density at radius 3 is 2.24 bits per heavy atom. The van der Waals surface area contributed by atoms with Gasteiger partial charge >= 0.3 is 12.1 Å². The third-order valence-corrected chi connectivity index (χ3v) is 6.95. The Bertz CT molecular complexity index is 1020. The van der Waals surface area contributed by atoms with Crippen LogP contribution in [0, 0.1) is 5.92 Å². The third kappa shape index (κ3) is 4.93. The van der Waals surface area contributed by atoms with Crippen LogP contribution in [0.4, 0.5) is 4.79 Å². The normalized spacial score (nSPS) is 18.2. The van der Waals surface area contributed by atoms with Crippen LogP contribution in [0.2, 0.25) is 0 Å². The summed E-state index contributed by atoms with van der Waals surface area (Å²) in [6.07, 6.45) is 1.54. The first-order valence-corrected chi connectivity index (χ1v) is 12.0. The first kappa shape index (κ1) is 23.8. The molecule has 1 fully saturated rings. The van der Waals surface area contributed by atoms with Gasteiger partial charge < -0.3 is 20.1 Å². The summed E-state index contributed by atoms with van der Waals surface area (Å²) in [5, 5.41) is 12.3. The number of carboxylic acid groups (broad SMARTS) is 1. The minimum absolute atomic E-state index is 0.0162. The minimum Gasteiger partial charge on any atom is -0.480 e. The van der Waals surface area contributed by atoms with Crippen LogP contribution in [0.1, 0.15) is 56.6 Å². The second kappa shape index (κ2) is 10.3. The Kier molecular flexibility index (Phi) is 7.20. The van der Waals surface area contributed by atoms with Crippen molar-refractivity contribution < 1.29 is 24.2 Å². The maximum Gasteiger partial charge on any atom is 0.407 e.